The largest absolute Gasteiger partial charge is 0.325 e. The number of thioether (sulfide) groups is 1. The summed E-state index contributed by atoms with van der Waals surface area (Å²) in [4.78, 5) is 11.7. The monoisotopic (exact) mass is 290 g/mol. The molecule has 0 radical (unpaired) electrons. The van der Waals surface area contributed by atoms with Gasteiger partial charge in [-0.15, -0.1) is 10.2 Å². The highest BCUT2D eigenvalue weighted by molar-refractivity contribution is 8.01. The van der Waals surface area contributed by atoms with Gasteiger partial charge >= 0.3 is 0 Å². The van der Waals surface area contributed by atoms with E-state index in [1.54, 1.807) is 17.6 Å². The van der Waals surface area contributed by atoms with Gasteiger partial charge in [-0.2, -0.15) is 5.26 Å². The average Bonchev–Trinajstić information content (AvgIpc) is 2.92. The summed E-state index contributed by atoms with van der Waals surface area (Å²) in [6.07, 6.45) is 0.376. The second-order valence-corrected chi connectivity index (χ2v) is 5.63. The fraction of sp³-hybridized carbons (Fsp3) is 0.167. The number of hydrogen-bond acceptors (Lipinski definition) is 6. The van der Waals surface area contributed by atoms with Gasteiger partial charge in [0.05, 0.1) is 18.2 Å². The molecule has 96 valence electrons. The van der Waals surface area contributed by atoms with Gasteiger partial charge in [0.25, 0.3) is 0 Å². The van der Waals surface area contributed by atoms with E-state index in [0.29, 0.717) is 12.2 Å². The highest BCUT2D eigenvalue weighted by atomic mass is 32.2. The Labute approximate surface area is 118 Å². The molecule has 0 spiro atoms. The zero-order valence-corrected chi connectivity index (χ0v) is 11.5. The van der Waals surface area contributed by atoms with E-state index in [4.69, 9.17) is 5.26 Å². The van der Waals surface area contributed by atoms with Gasteiger partial charge in [-0.3, -0.25) is 4.79 Å². The van der Waals surface area contributed by atoms with Crippen LogP contribution in [0.25, 0.3) is 0 Å². The maximum Gasteiger partial charge on any atom is 0.234 e. The van der Waals surface area contributed by atoms with E-state index < -0.39 is 0 Å². The molecule has 0 atom stereocenters. The molecule has 0 aliphatic carbocycles. The summed E-state index contributed by atoms with van der Waals surface area (Å²) in [6, 6.07) is 9.32. The van der Waals surface area contributed by atoms with Crippen molar-refractivity contribution in [2.45, 2.75) is 10.8 Å². The summed E-state index contributed by atoms with van der Waals surface area (Å²) < 4.78 is 0.777. The lowest BCUT2D eigenvalue weighted by Gasteiger charge is -2.04. The minimum atomic E-state index is -0.0896. The van der Waals surface area contributed by atoms with E-state index in [2.05, 4.69) is 21.6 Å². The second kappa shape index (κ2) is 6.87. The third-order valence-corrected chi connectivity index (χ3v) is 4.05. The van der Waals surface area contributed by atoms with Crippen LogP contribution in [-0.4, -0.2) is 21.9 Å². The highest BCUT2D eigenvalue weighted by Crippen LogP contribution is 2.19. The minimum Gasteiger partial charge on any atom is -0.325 e. The fourth-order valence-electron chi connectivity index (χ4n) is 1.35. The molecule has 0 saturated carbocycles. The molecule has 1 aromatic carbocycles. The SMILES string of the molecule is N#CCc1ccc(NC(=O)CSc2nncs2)cc1. The molecule has 5 nitrogen and oxygen atoms in total. The van der Waals surface area contributed by atoms with Gasteiger partial charge in [0.15, 0.2) is 4.34 Å². The van der Waals surface area contributed by atoms with Crippen molar-refractivity contribution < 1.29 is 4.79 Å². The fourth-order valence-corrected chi connectivity index (χ4v) is 2.64. The van der Waals surface area contributed by atoms with Crippen molar-refractivity contribution in [1.29, 1.82) is 5.26 Å². The van der Waals surface area contributed by atoms with E-state index in [1.165, 1.54) is 23.1 Å². The number of carbonyl (C=O) groups excluding carboxylic acids is 1. The van der Waals surface area contributed by atoms with Crippen molar-refractivity contribution >= 4 is 34.7 Å². The Bertz CT molecular complexity index is 575. The number of nitrogens with one attached hydrogen (secondary N) is 1. The third-order valence-electron chi connectivity index (χ3n) is 2.19. The van der Waals surface area contributed by atoms with E-state index in [1.807, 2.05) is 12.1 Å². The Kier molecular flexibility index (Phi) is 4.89. The molecule has 0 aliphatic rings. The molecule has 0 unspecified atom stereocenters. The number of hydrogen-bond donors (Lipinski definition) is 1. The molecule has 1 amide bonds. The number of rotatable bonds is 5. The third kappa shape index (κ3) is 4.35. The van der Waals surface area contributed by atoms with Crippen molar-refractivity contribution in [3.8, 4) is 6.07 Å². The summed E-state index contributed by atoms with van der Waals surface area (Å²) in [6.45, 7) is 0. The molecule has 0 saturated heterocycles. The summed E-state index contributed by atoms with van der Waals surface area (Å²) in [5.74, 6) is 0.211. The number of nitriles is 1. The van der Waals surface area contributed by atoms with Crippen molar-refractivity contribution in [2.75, 3.05) is 11.1 Å². The Morgan fingerprint density at radius 2 is 2.21 bits per heavy atom. The van der Waals surface area contributed by atoms with Gasteiger partial charge in [-0.1, -0.05) is 35.2 Å². The number of aromatic nitrogens is 2. The smallest absolute Gasteiger partial charge is 0.234 e. The average molecular weight is 290 g/mol. The first-order valence-corrected chi connectivity index (χ1v) is 7.29. The molecule has 0 fully saturated rings. The van der Waals surface area contributed by atoms with Crippen LogP contribution in [0, 0.1) is 11.3 Å². The lowest BCUT2D eigenvalue weighted by molar-refractivity contribution is -0.113. The predicted molar refractivity (Wildman–Crippen MR) is 75.0 cm³/mol. The van der Waals surface area contributed by atoms with Crippen molar-refractivity contribution in [3.63, 3.8) is 0 Å². The van der Waals surface area contributed by atoms with Crippen LogP contribution in [0.5, 0.6) is 0 Å². The normalized spacial score (nSPS) is 9.84. The summed E-state index contributed by atoms with van der Waals surface area (Å²) in [7, 11) is 0. The first kappa shape index (κ1) is 13.5. The molecule has 1 N–H and O–H groups in total. The molecule has 19 heavy (non-hydrogen) atoms. The zero-order chi connectivity index (χ0) is 13.5. The molecule has 1 aromatic heterocycles. The maximum atomic E-state index is 11.7. The number of anilines is 1. The van der Waals surface area contributed by atoms with E-state index in [0.717, 1.165) is 15.6 Å². The number of amides is 1. The van der Waals surface area contributed by atoms with Crippen molar-refractivity contribution in [3.05, 3.63) is 35.3 Å². The van der Waals surface area contributed by atoms with Crippen molar-refractivity contribution in [1.82, 2.24) is 10.2 Å². The van der Waals surface area contributed by atoms with Gasteiger partial charge in [0.1, 0.15) is 5.51 Å². The second-order valence-electron chi connectivity index (χ2n) is 3.57. The molecule has 2 rings (SSSR count). The Balaban J connectivity index is 1.83. The molecule has 2 aromatic rings. The lowest BCUT2D eigenvalue weighted by atomic mass is 10.1. The van der Waals surface area contributed by atoms with Crippen LogP contribution in [0.1, 0.15) is 5.56 Å². The quantitative estimate of drug-likeness (QED) is 0.855. The molecule has 7 heteroatoms. The zero-order valence-electron chi connectivity index (χ0n) is 9.87. The molecular formula is C12H10N4OS2. The lowest BCUT2D eigenvalue weighted by Crippen LogP contribution is -2.13. The van der Waals surface area contributed by atoms with E-state index in [9.17, 15) is 4.79 Å². The number of benzene rings is 1. The number of nitrogens with zero attached hydrogens (tertiary/aromatic N) is 3. The van der Waals surface area contributed by atoms with Crippen LogP contribution in [0.2, 0.25) is 0 Å². The van der Waals surface area contributed by atoms with Crippen LogP contribution in [0.4, 0.5) is 5.69 Å². The van der Waals surface area contributed by atoms with Crippen molar-refractivity contribution in [2.24, 2.45) is 0 Å². The summed E-state index contributed by atoms with van der Waals surface area (Å²) in [5, 5.41) is 18.9. The number of carbonyl (C=O) groups is 1. The van der Waals surface area contributed by atoms with Crippen LogP contribution in [-0.2, 0) is 11.2 Å². The predicted octanol–water partition coefficient (Wildman–Crippen LogP) is 2.33. The Hall–Kier alpha value is -1.91. The van der Waals surface area contributed by atoms with Gasteiger partial charge < -0.3 is 5.32 Å². The molecular weight excluding hydrogens is 280 g/mol. The molecule has 0 aliphatic heterocycles. The summed E-state index contributed by atoms with van der Waals surface area (Å²) in [5.41, 5.74) is 3.29. The molecule has 0 bridgehead atoms. The first-order chi connectivity index (χ1) is 9.28. The topological polar surface area (TPSA) is 78.7 Å². The summed E-state index contributed by atoms with van der Waals surface area (Å²) >= 11 is 2.76. The molecule has 1 heterocycles. The standard InChI is InChI=1S/C12H10N4OS2/c13-6-5-9-1-3-10(4-2-9)15-11(17)7-18-12-16-14-8-19-12/h1-4,8H,5,7H2,(H,15,17). The van der Waals surface area contributed by atoms with Crippen LogP contribution >= 0.6 is 23.1 Å². The Morgan fingerprint density at radius 3 is 2.84 bits per heavy atom. The van der Waals surface area contributed by atoms with Gasteiger partial charge in [-0.05, 0) is 17.7 Å². The van der Waals surface area contributed by atoms with Crippen LogP contribution in [0.15, 0.2) is 34.1 Å². The van der Waals surface area contributed by atoms with Gasteiger partial charge in [0.2, 0.25) is 5.91 Å². The van der Waals surface area contributed by atoms with Gasteiger partial charge in [0, 0.05) is 5.69 Å². The van der Waals surface area contributed by atoms with E-state index >= 15 is 0 Å². The minimum absolute atomic E-state index is 0.0896. The van der Waals surface area contributed by atoms with Gasteiger partial charge in [-0.25, -0.2) is 0 Å². The van der Waals surface area contributed by atoms with E-state index in [-0.39, 0.29) is 5.91 Å². The maximum absolute atomic E-state index is 11.7. The highest BCUT2D eigenvalue weighted by Gasteiger charge is 2.05. The van der Waals surface area contributed by atoms with Crippen LogP contribution < -0.4 is 5.32 Å². The first-order valence-electron chi connectivity index (χ1n) is 5.42. The Morgan fingerprint density at radius 1 is 1.42 bits per heavy atom. The van der Waals surface area contributed by atoms with Crippen LogP contribution in [0.3, 0.4) is 0 Å².